The van der Waals surface area contributed by atoms with Crippen molar-refractivity contribution >= 4 is 11.9 Å². The number of amides is 1. The number of carboxylic acids is 1. The van der Waals surface area contributed by atoms with Crippen molar-refractivity contribution in [2.45, 2.75) is 12.8 Å². The molecule has 26 heavy (non-hydrogen) atoms. The summed E-state index contributed by atoms with van der Waals surface area (Å²) in [5.41, 5.74) is 4.94. The summed E-state index contributed by atoms with van der Waals surface area (Å²) in [6.07, 6.45) is 1.48. The molecule has 1 N–H and O–H groups in total. The van der Waals surface area contributed by atoms with E-state index in [9.17, 15) is 14.7 Å². The molecule has 0 aliphatic rings. The lowest BCUT2D eigenvalue weighted by atomic mass is 10.1. The van der Waals surface area contributed by atoms with Crippen molar-refractivity contribution in [3.63, 3.8) is 0 Å². The summed E-state index contributed by atoms with van der Waals surface area (Å²) in [5.74, 6) is -0.717. The van der Waals surface area contributed by atoms with Gasteiger partial charge in [-0.2, -0.15) is 0 Å². The molecule has 0 saturated heterocycles. The van der Waals surface area contributed by atoms with Gasteiger partial charge in [0.2, 0.25) is 0 Å². The highest BCUT2D eigenvalue weighted by Crippen LogP contribution is 2.25. The molecule has 0 aliphatic carbocycles. The highest BCUT2D eigenvalue weighted by atomic mass is 16.5. The van der Waals surface area contributed by atoms with Crippen molar-refractivity contribution in [3.05, 3.63) is 66.2 Å². The molecule has 0 unspecified atom stereocenters. The molecule has 0 radical (unpaired) electrons. The lowest BCUT2D eigenvalue weighted by Gasteiger charge is -2.15. The van der Waals surface area contributed by atoms with Crippen molar-refractivity contribution in [1.82, 2.24) is 4.68 Å². The van der Waals surface area contributed by atoms with Gasteiger partial charge in [-0.3, -0.25) is 14.9 Å². The van der Waals surface area contributed by atoms with Crippen molar-refractivity contribution in [1.29, 1.82) is 0 Å². The number of nitrogens with zero attached hydrogens (tertiary/aromatic N) is 1. The second kappa shape index (κ2) is 7.60. The zero-order chi connectivity index (χ0) is 18.5. The number of furan rings is 1. The molecular formula is C19H17N2O5-. The van der Waals surface area contributed by atoms with Crippen LogP contribution >= 0.6 is 0 Å². The third-order valence-corrected chi connectivity index (χ3v) is 3.89. The summed E-state index contributed by atoms with van der Waals surface area (Å²) >= 11 is 0. The summed E-state index contributed by atoms with van der Waals surface area (Å²) in [5, 5.41) is 10.8. The number of hydrogen-bond donors (Lipinski definition) is 1. The predicted octanol–water partition coefficient (Wildman–Crippen LogP) is 1.82. The third kappa shape index (κ3) is 3.77. The van der Waals surface area contributed by atoms with Gasteiger partial charge < -0.3 is 19.1 Å². The van der Waals surface area contributed by atoms with Gasteiger partial charge in [0.05, 0.1) is 19.1 Å². The fraction of sp³-hybridized carbons (Fsp3) is 0.158. The van der Waals surface area contributed by atoms with Crippen LogP contribution in [0.5, 0.6) is 5.75 Å². The number of methoxy groups -OCH3 is 1. The Morgan fingerprint density at radius 1 is 1.15 bits per heavy atom. The molecule has 0 saturated carbocycles. The first-order valence-electron chi connectivity index (χ1n) is 7.98. The summed E-state index contributed by atoms with van der Waals surface area (Å²) in [7, 11) is 1.58. The molecule has 0 atom stereocenters. The van der Waals surface area contributed by atoms with E-state index in [1.165, 1.54) is 6.26 Å². The van der Waals surface area contributed by atoms with Crippen molar-refractivity contribution in [3.8, 4) is 17.0 Å². The second-order valence-corrected chi connectivity index (χ2v) is 5.56. The van der Waals surface area contributed by atoms with Gasteiger partial charge in [-0.25, -0.2) is 0 Å². The molecule has 3 rings (SSSR count). The first-order valence-corrected chi connectivity index (χ1v) is 7.98. The monoisotopic (exact) mass is 353 g/mol. The number of rotatable bonds is 7. The summed E-state index contributed by atoms with van der Waals surface area (Å²) < 4.78 is 11.8. The zero-order valence-electron chi connectivity index (χ0n) is 14.1. The SMILES string of the molecule is COc1ccc(-c2ccc(CCC(=O)[O-])n2NC(=O)c2ccco2)cc1. The number of carbonyl (C=O) groups excluding carboxylic acids is 2. The number of nitrogens with one attached hydrogen (secondary N) is 1. The average molecular weight is 353 g/mol. The topological polar surface area (TPSA) is 96.5 Å². The minimum absolute atomic E-state index is 0.150. The van der Waals surface area contributed by atoms with Crippen LogP contribution in [0.4, 0.5) is 0 Å². The highest BCUT2D eigenvalue weighted by molar-refractivity contribution is 5.98. The van der Waals surface area contributed by atoms with Crippen LogP contribution in [0.15, 0.2) is 59.2 Å². The Morgan fingerprint density at radius 3 is 2.54 bits per heavy atom. The summed E-state index contributed by atoms with van der Waals surface area (Å²) in [6, 6.07) is 14.1. The van der Waals surface area contributed by atoms with Gasteiger partial charge in [-0.05, 0) is 61.4 Å². The Kier molecular flexibility index (Phi) is 5.07. The van der Waals surface area contributed by atoms with Gasteiger partial charge in [0.25, 0.3) is 0 Å². The Labute approximate surface area is 149 Å². The van der Waals surface area contributed by atoms with Crippen molar-refractivity contribution in [2.24, 2.45) is 0 Å². The maximum Gasteiger partial charge on any atom is 0.305 e. The molecule has 134 valence electrons. The number of ether oxygens (including phenoxy) is 1. The van der Waals surface area contributed by atoms with Crippen LogP contribution in [0, 0.1) is 0 Å². The Hall–Kier alpha value is -3.48. The van der Waals surface area contributed by atoms with Gasteiger partial charge in [0, 0.05) is 17.2 Å². The molecular weight excluding hydrogens is 336 g/mol. The van der Waals surface area contributed by atoms with E-state index in [1.54, 1.807) is 30.0 Å². The smallest absolute Gasteiger partial charge is 0.305 e. The molecule has 7 nitrogen and oxygen atoms in total. The minimum atomic E-state index is -1.15. The van der Waals surface area contributed by atoms with Gasteiger partial charge in [-0.1, -0.05) is 0 Å². The molecule has 0 bridgehead atoms. The van der Waals surface area contributed by atoms with E-state index < -0.39 is 11.9 Å². The fourth-order valence-corrected chi connectivity index (χ4v) is 2.59. The van der Waals surface area contributed by atoms with E-state index in [2.05, 4.69) is 5.43 Å². The molecule has 2 heterocycles. The Balaban J connectivity index is 1.94. The van der Waals surface area contributed by atoms with Crippen LogP contribution in [0.1, 0.15) is 22.7 Å². The van der Waals surface area contributed by atoms with Crippen molar-refractivity contribution in [2.75, 3.05) is 12.5 Å². The first-order chi connectivity index (χ1) is 12.6. The van der Waals surface area contributed by atoms with Gasteiger partial charge in [0.15, 0.2) is 5.76 Å². The van der Waals surface area contributed by atoms with Crippen LogP contribution in [0.3, 0.4) is 0 Å². The molecule has 1 amide bonds. The van der Waals surface area contributed by atoms with Gasteiger partial charge >= 0.3 is 5.91 Å². The number of aryl methyl sites for hydroxylation is 1. The van der Waals surface area contributed by atoms with Crippen LogP contribution in [0.2, 0.25) is 0 Å². The molecule has 0 fully saturated rings. The molecule has 0 spiro atoms. The quantitative estimate of drug-likeness (QED) is 0.699. The zero-order valence-corrected chi connectivity index (χ0v) is 14.1. The van der Waals surface area contributed by atoms with Gasteiger partial charge in [0.1, 0.15) is 5.75 Å². The van der Waals surface area contributed by atoms with Crippen molar-refractivity contribution < 1.29 is 23.8 Å². The van der Waals surface area contributed by atoms with Crippen LogP contribution < -0.4 is 15.3 Å². The number of benzene rings is 1. The normalized spacial score (nSPS) is 10.5. The number of hydrogen-bond acceptors (Lipinski definition) is 5. The van der Waals surface area contributed by atoms with E-state index >= 15 is 0 Å². The molecule has 1 aromatic carbocycles. The largest absolute Gasteiger partial charge is 0.550 e. The van der Waals surface area contributed by atoms with E-state index in [0.717, 1.165) is 5.56 Å². The number of aliphatic carboxylic acids is 1. The lowest BCUT2D eigenvalue weighted by Crippen LogP contribution is -2.27. The first kappa shape index (κ1) is 17.3. The van der Waals surface area contributed by atoms with Crippen LogP contribution in [0.25, 0.3) is 11.3 Å². The summed E-state index contributed by atoms with van der Waals surface area (Å²) in [4.78, 5) is 23.2. The Bertz CT molecular complexity index is 895. The molecule has 7 heteroatoms. The van der Waals surface area contributed by atoms with E-state index in [1.807, 2.05) is 30.3 Å². The number of carbonyl (C=O) groups is 2. The minimum Gasteiger partial charge on any atom is -0.550 e. The maximum atomic E-state index is 12.4. The third-order valence-electron chi connectivity index (χ3n) is 3.89. The molecule has 0 aliphatic heterocycles. The van der Waals surface area contributed by atoms with Crippen LogP contribution in [-0.2, 0) is 11.2 Å². The van der Waals surface area contributed by atoms with E-state index in [0.29, 0.717) is 17.1 Å². The highest BCUT2D eigenvalue weighted by Gasteiger charge is 2.15. The number of carboxylic acid groups (broad SMARTS) is 1. The second-order valence-electron chi connectivity index (χ2n) is 5.56. The fourth-order valence-electron chi connectivity index (χ4n) is 2.59. The molecule has 3 aromatic rings. The van der Waals surface area contributed by atoms with Gasteiger partial charge in [-0.15, -0.1) is 0 Å². The maximum absolute atomic E-state index is 12.4. The Morgan fingerprint density at radius 2 is 1.92 bits per heavy atom. The van der Waals surface area contributed by atoms with E-state index in [-0.39, 0.29) is 18.6 Å². The molecule has 2 aromatic heterocycles. The van der Waals surface area contributed by atoms with E-state index in [4.69, 9.17) is 9.15 Å². The standard InChI is InChI=1S/C19H18N2O5/c1-25-15-8-4-13(5-9-15)16-10-6-14(7-11-18(22)23)21(16)20-19(24)17-3-2-12-26-17/h2-6,8-10,12H,7,11H2,1H3,(H,20,24)(H,22,23)/p-1. The average Bonchev–Trinajstić information content (AvgIpc) is 3.30. The summed E-state index contributed by atoms with van der Waals surface area (Å²) in [6.45, 7) is 0. The predicted molar refractivity (Wildman–Crippen MR) is 92.1 cm³/mol. The van der Waals surface area contributed by atoms with Crippen LogP contribution in [-0.4, -0.2) is 23.7 Å². The lowest BCUT2D eigenvalue weighted by molar-refractivity contribution is -0.305. The number of aromatic nitrogens is 1.